The van der Waals surface area contributed by atoms with E-state index in [0.29, 0.717) is 6.61 Å². The fraction of sp³-hybridized carbons (Fsp3) is 0.500. The molecule has 8 nitrogen and oxygen atoms in total. The Morgan fingerprint density at radius 1 is 1.35 bits per heavy atom. The molecule has 0 aromatic heterocycles. The van der Waals surface area contributed by atoms with Gasteiger partial charge in [-0.15, -0.1) is 0 Å². The van der Waals surface area contributed by atoms with Gasteiger partial charge >= 0.3 is 0 Å². The van der Waals surface area contributed by atoms with E-state index in [2.05, 4.69) is 10.0 Å². The lowest BCUT2D eigenvalue weighted by atomic mass is 10.2. The van der Waals surface area contributed by atoms with Crippen LogP contribution in [-0.2, 0) is 19.6 Å². The molecule has 2 rings (SSSR count). The summed E-state index contributed by atoms with van der Waals surface area (Å²) in [6, 6.07) is 3.93. The molecule has 10 heteroatoms. The number of nitrogens with one attached hydrogen (secondary N) is 2. The average molecular weight is 404 g/mol. The molecule has 2 amide bonds. The molecule has 26 heavy (non-hydrogen) atoms. The monoisotopic (exact) mass is 403 g/mol. The van der Waals surface area contributed by atoms with Gasteiger partial charge in [0.05, 0.1) is 17.7 Å². The van der Waals surface area contributed by atoms with Crippen molar-refractivity contribution in [2.24, 2.45) is 0 Å². The first-order valence-corrected chi connectivity index (χ1v) is 9.96. The van der Waals surface area contributed by atoms with Crippen molar-refractivity contribution >= 4 is 33.4 Å². The Morgan fingerprint density at radius 3 is 2.69 bits per heavy atom. The zero-order valence-electron chi connectivity index (χ0n) is 14.6. The zero-order chi connectivity index (χ0) is 19.3. The summed E-state index contributed by atoms with van der Waals surface area (Å²) in [5, 5.41) is 2.45. The third kappa shape index (κ3) is 5.41. The minimum atomic E-state index is -3.90. The first-order valence-electron chi connectivity index (χ1n) is 8.10. The van der Waals surface area contributed by atoms with E-state index in [1.54, 1.807) is 14.1 Å². The van der Waals surface area contributed by atoms with E-state index in [0.717, 1.165) is 12.8 Å². The Morgan fingerprint density at radius 2 is 2.08 bits per heavy atom. The van der Waals surface area contributed by atoms with E-state index in [-0.39, 0.29) is 40.6 Å². The van der Waals surface area contributed by atoms with Crippen molar-refractivity contribution in [1.82, 2.24) is 14.9 Å². The van der Waals surface area contributed by atoms with Crippen LogP contribution in [0.3, 0.4) is 0 Å². The van der Waals surface area contributed by atoms with Gasteiger partial charge in [-0.1, -0.05) is 11.6 Å². The minimum absolute atomic E-state index is 0.00533. The molecule has 0 unspecified atom stereocenters. The molecule has 0 bridgehead atoms. The molecular weight excluding hydrogens is 382 g/mol. The summed E-state index contributed by atoms with van der Waals surface area (Å²) in [6.07, 6.45) is 1.53. The van der Waals surface area contributed by atoms with Crippen LogP contribution in [0.15, 0.2) is 23.1 Å². The Bertz CT molecular complexity index is 776. The number of amides is 2. The fourth-order valence-corrected chi connectivity index (χ4v) is 3.94. The van der Waals surface area contributed by atoms with Gasteiger partial charge < -0.3 is 15.0 Å². The number of rotatable bonds is 7. The van der Waals surface area contributed by atoms with Crippen LogP contribution in [0.2, 0.25) is 5.02 Å². The lowest BCUT2D eigenvalue weighted by molar-refractivity contribution is -0.127. The molecule has 0 radical (unpaired) electrons. The summed E-state index contributed by atoms with van der Waals surface area (Å²) in [7, 11) is -0.755. The maximum absolute atomic E-state index is 12.5. The molecule has 1 saturated heterocycles. The van der Waals surface area contributed by atoms with Gasteiger partial charge in [-0.3, -0.25) is 9.59 Å². The van der Waals surface area contributed by atoms with Gasteiger partial charge in [-0.05, 0) is 31.0 Å². The Labute approximate surface area is 157 Å². The van der Waals surface area contributed by atoms with Gasteiger partial charge in [0, 0.05) is 32.8 Å². The predicted molar refractivity (Wildman–Crippen MR) is 96.6 cm³/mol. The molecular formula is C16H22ClN3O5S. The van der Waals surface area contributed by atoms with Crippen molar-refractivity contribution in [3.05, 3.63) is 28.8 Å². The molecule has 1 aromatic carbocycles. The Kier molecular flexibility index (Phi) is 6.99. The summed E-state index contributed by atoms with van der Waals surface area (Å²) in [5.41, 5.74) is 0.0958. The number of ether oxygens (including phenoxy) is 1. The summed E-state index contributed by atoms with van der Waals surface area (Å²) >= 11 is 6.01. The predicted octanol–water partition coefficient (Wildman–Crippen LogP) is 0.615. The van der Waals surface area contributed by atoms with Gasteiger partial charge in [-0.2, -0.15) is 0 Å². The highest BCUT2D eigenvalue weighted by molar-refractivity contribution is 7.89. The second-order valence-electron chi connectivity index (χ2n) is 6.10. The molecule has 0 spiro atoms. The second kappa shape index (κ2) is 8.81. The highest BCUT2D eigenvalue weighted by Crippen LogP contribution is 2.23. The van der Waals surface area contributed by atoms with E-state index in [1.165, 1.54) is 23.1 Å². The number of carbonyl (C=O) groups excluding carboxylic acids is 2. The number of hydrogen-bond donors (Lipinski definition) is 2. The molecule has 1 fully saturated rings. The van der Waals surface area contributed by atoms with E-state index in [9.17, 15) is 18.0 Å². The number of benzene rings is 1. The highest BCUT2D eigenvalue weighted by Gasteiger charge is 2.23. The van der Waals surface area contributed by atoms with Crippen molar-refractivity contribution in [2.45, 2.75) is 23.8 Å². The van der Waals surface area contributed by atoms with E-state index >= 15 is 0 Å². The van der Waals surface area contributed by atoms with Crippen molar-refractivity contribution in [1.29, 1.82) is 0 Å². The summed E-state index contributed by atoms with van der Waals surface area (Å²) in [6.45, 7) is 0.578. The van der Waals surface area contributed by atoms with Crippen LogP contribution in [0.25, 0.3) is 0 Å². The fourth-order valence-electron chi connectivity index (χ4n) is 2.35. The molecule has 1 heterocycles. The molecule has 1 atom stereocenters. The third-order valence-electron chi connectivity index (χ3n) is 3.91. The standard InChI is InChI=1S/C16H22ClN3O5S/c1-20(2)15(21)10-18-16(22)11-5-6-13(17)14(8-11)26(23,24)19-9-12-4-3-7-25-12/h5-6,8,12,19H,3-4,7,9-10H2,1-2H3,(H,18,22)/t12-/m0/s1. The first-order chi connectivity index (χ1) is 12.2. The van der Waals surface area contributed by atoms with E-state index in [1.807, 2.05) is 0 Å². The normalized spacial score (nSPS) is 17.1. The third-order valence-corrected chi connectivity index (χ3v) is 5.81. The smallest absolute Gasteiger partial charge is 0.251 e. The van der Waals surface area contributed by atoms with Gasteiger partial charge in [0.25, 0.3) is 5.91 Å². The lowest BCUT2D eigenvalue weighted by Crippen LogP contribution is -2.36. The minimum Gasteiger partial charge on any atom is -0.377 e. The SMILES string of the molecule is CN(C)C(=O)CNC(=O)c1ccc(Cl)c(S(=O)(=O)NC[C@@H]2CCCO2)c1. The lowest BCUT2D eigenvalue weighted by Gasteiger charge is -2.14. The quantitative estimate of drug-likeness (QED) is 0.694. The molecule has 1 aliphatic heterocycles. The number of nitrogens with zero attached hydrogens (tertiary/aromatic N) is 1. The molecule has 0 saturated carbocycles. The van der Waals surface area contributed by atoms with Crippen molar-refractivity contribution in [3.8, 4) is 0 Å². The van der Waals surface area contributed by atoms with Gasteiger partial charge in [0.2, 0.25) is 15.9 Å². The largest absolute Gasteiger partial charge is 0.377 e. The first kappa shape index (κ1) is 20.6. The maximum atomic E-state index is 12.5. The van der Waals surface area contributed by atoms with Crippen LogP contribution < -0.4 is 10.0 Å². The van der Waals surface area contributed by atoms with Crippen LogP contribution in [0.4, 0.5) is 0 Å². The highest BCUT2D eigenvalue weighted by atomic mass is 35.5. The van der Waals surface area contributed by atoms with Crippen molar-refractivity contribution < 1.29 is 22.7 Å². The number of sulfonamides is 1. The van der Waals surface area contributed by atoms with E-state index < -0.39 is 15.9 Å². The number of carbonyl (C=O) groups is 2. The average Bonchev–Trinajstić information content (AvgIpc) is 3.11. The van der Waals surface area contributed by atoms with Crippen molar-refractivity contribution in [2.75, 3.05) is 33.8 Å². The Balaban J connectivity index is 2.09. The van der Waals surface area contributed by atoms with Gasteiger partial charge in [0.15, 0.2) is 0 Å². The van der Waals surface area contributed by atoms with Gasteiger partial charge in [0.1, 0.15) is 4.90 Å². The summed E-state index contributed by atoms with van der Waals surface area (Å²) in [4.78, 5) is 24.9. The molecule has 2 N–H and O–H groups in total. The van der Waals surface area contributed by atoms with Crippen LogP contribution >= 0.6 is 11.6 Å². The molecule has 1 aromatic rings. The van der Waals surface area contributed by atoms with Crippen molar-refractivity contribution in [3.63, 3.8) is 0 Å². The van der Waals surface area contributed by atoms with Gasteiger partial charge in [-0.25, -0.2) is 13.1 Å². The summed E-state index contributed by atoms with van der Waals surface area (Å²) in [5.74, 6) is -0.842. The van der Waals surface area contributed by atoms with Crippen LogP contribution in [0, 0.1) is 0 Å². The Hall–Kier alpha value is -1.68. The maximum Gasteiger partial charge on any atom is 0.251 e. The molecule has 1 aliphatic rings. The van der Waals surface area contributed by atoms with Crippen LogP contribution in [-0.4, -0.2) is 65.0 Å². The number of hydrogen-bond acceptors (Lipinski definition) is 5. The topological polar surface area (TPSA) is 105 Å². The second-order valence-corrected chi connectivity index (χ2v) is 8.25. The number of likely N-dealkylation sites (N-methyl/N-ethyl adjacent to an activating group) is 1. The molecule has 144 valence electrons. The van der Waals surface area contributed by atoms with Crippen LogP contribution in [0.1, 0.15) is 23.2 Å². The van der Waals surface area contributed by atoms with E-state index in [4.69, 9.17) is 16.3 Å². The molecule has 0 aliphatic carbocycles. The van der Waals surface area contributed by atoms with Crippen LogP contribution in [0.5, 0.6) is 0 Å². The number of halogens is 1. The zero-order valence-corrected chi connectivity index (χ0v) is 16.2. The summed E-state index contributed by atoms with van der Waals surface area (Å²) < 4.78 is 32.8.